The number of ether oxygens (including phenoxy) is 1. The van der Waals surface area contributed by atoms with E-state index in [4.69, 9.17) is 4.74 Å². The quantitative estimate of drug-likeness (QED) is 0.771. The Labute approximate surface area is 101 Å². The first kappa shape index (κ1) is 12.3. The lowest BCUT2D eigenvalue weighted by Gasteiger charge is -2.12. The molecule has 1 fully saturated rings. The van der Waals surface area contributed by atoms with Crippen molar-refractivity contribution in [3.05, 3.63) is 29.8 Å². The van der Waals surface area contributed by atoms with Crippen LogP contribution in [0.1, 0.15) is 31.7 Å². The Kier molecular flexibility index (Phi) is 3.65. The lowest BCUT2D eigenvalue weighted by molar-refractivity contribution is 0.00292. The molecule has 1 atom stereocenters. The van der Waals surface area contributed by atoms with Crippen LogP contribution in [0.4, 0.5) is 8.78 Å². The predicted octanol–water partition coefficient (Wildman–Crippen LogP) is 4.06. The summed E-state index contributed by atoms with van der Waals surface area (Å²) in [6.07, 6.45) is 1.51. The fourth-order valence-corrected chi connectivity index (χ4v) is 2.25. The Balaban J connectivity index is 1.86. The highest BCUT2D eigenvalue weighted by atomic mass is 19.3. The summed E-state index contributed by atoms with van der Waals surface area (Å²) in [5.74, 6) is -1.69. The summed E-state index contributed by atoms with van der Waals surface area (Å²) in [5.41, 5.74) is 1.21. The first-order valence-corrected chi connectivity index (χ1v) is 6.18. The Morgan fingerprint density at radius 1 is 1.41 bits per heavy atom. The maximum Gasteiger partial charge on any atom is 0.248 e. The zero-order valence-electron chi connectivity index (χ0n) is 10.1. The number of halogens is 2. The van der Waals surface area contributed by atoms with Crippen LogP contribution in [0.15, 0.2) is 24.3 Å². The third kappa shape index (κ3) is 3.42. The molecule has 1 aliphatic rings. The SMILES string of the molecule is CCc1cccc(OCC2CCC(F)(F)C2)c1. The minimum atomic E-state index is -2.47. The van der Waals surface area contributed by atoms with Gasteiger partial charge in [-0.15, -0.1) is 0 Å². The fraction of sp³-hybridized carbons (Fsp3) is 0.571. The molecule has 1 aliphatic carbocycles. The van der Waals surface area contributed by atoms with Gasteiger partial charge in [-0.05, 0) is 36.5 Å². The molecule has 2 rings (SSSR count). The van der Waals surface area contributed by atoms with E-state index in [1.807, 2.05) is 24.3 Å². The molecule has 0 saturated heterocycles. The molecule has 17 heavy (non-hydrogen) atoms. The second kappa shape index (κ2) is 5.03. The van der Waals surface area contributed by atoms with E-state index in [0.29, 0.717) is 13.0 Å². The summed E-state index contributed by atoms with van der Waals surface area (Å²) < 4.78 is 31.6. The Morgan fingerprint density at radius 2 is 2.24 bits per heavy atom. The van der Waals surface area contributed by atoms with Crippen LogP contribution >= 0.6 is 0 Å². The van der Waals surface area contributed by atoms with Gasteiger partial charge in [0, 0.05) is 12.8 Å². The monoisotopic (exact) mass is 240 g/mol. The van der Waals surface area contributed by atoms with Gasteiger partial charge in [0.15, 0.2) is 0 Å². The highest BCUT2D eigenvalue weighted by Crippen LogP contribution is 2.38. The maximum atomic E-state index is 13.0. The van der Waals surface area contributed by atoms with Gasteiger partial charge in [0.05, 0.1) is 6.61 Å². The van der Waals surface area contributed by atoms with Gasteiger partial charge in [0.1, 0.15) is 5.75 Å². The molecule has 0 radical (unpaired) electrons. The molecule has 0 heterocycles. The number of hydrogen-bond donors (Lipinski definition) is 0. The van der Waals surface area contributed by atoms with Crippen molar-refractivity contribution in [1.29, 1.82) is 0 Å². The largest absolute Gasteiger partial charge is 0.493 e. The molecule has 0 bridgehead atoms. The van der Waals surface area contributed by atoms with Gasteiger partial charge < -0.3 is 4.74 Å². The van der Waals surface area contributed by atoms with Crippen LogP contribution < -0.4 is 4.74 Å². The highest BCUT2D eigenvalue weighted by Gasteiger charge is 2.39. The molecule has 0 spiro atoms. The van der Waals surface area contributed by atoms with Crippen LogP contribution in [0.2, 0.25) is 0 Å². The van der Waals surface area contributed by atoms with E-state index in [0.717, 1.165) is 12.2 Å². The van der Waals surface area contributed by atoms with E-state index < -0.39 is 5.92 Å². The lowest BCUT2D eigenvalue weighted by atomic mass is 10.1. The van der Waals surface area contributed by atoms with Gasteiger partial charge in [-0.25, -0.2) is 8.78 Å². The minimum absolute atomic E-state index is 0.00437. The summed E-state index contributed by atoms with van der Waals surface area (Å²) in [7, 11) is 0. The van der Waals surface area contributed by atoms with Crippen molar-refractivity contribution in [2.24, 2.45) is 5.92 Å². The summed E-state index contributed by atoms with van der Waals surface area (Å²) in [6, 6.07) is 7.84. The molecule has 1 aromatic rings. The standard InChI is InChI=1S/C14H18F2O/c1-2-11-4-3-5-13(8-11)17-10-12-6-7-14(15,16)9-12/h3-5,8,12H,2,6-7,9-10H2,1H3. The first-order chi connectivity index (χ1) is 8.09. The van der Waals surface area contributed by atoms with Crippen molar-refractivity contribution in [2.45, 2.75) is 38.5 Å². The lowest BCUT2D eigenvalue weighted by Crippen LogP contribution is -2.13. The third-order valence-corrected chi connectivity index (χ3v) is 3.30. The van der Waals surface area contributed by atoms with Crippen LogP contribution in [-0.2, 0) is 6.42 Å². The highest BCUT2D eigenvalue weighted by molar-refractivity contribution is 5.28. The summed E-state index contributed by atoms with van der Waals surface area (Å²) in [5, 5.41) is 0. The van der Waals surface area contributed by atoms with E-state index in [1.165, 1.54) is 5.56 Å². The predicted molar refractivity (Wildman–Crippen MR) is 63.6 cm³/mol. The molecule has 1 nitrogen and oxygen atoms in total. The normalized spacial score (nSPS) is 22.6. The summed E-state index contributed by atoms with van der Waals surface area (Å²) >= 11 is 0. The molecular weight excluding hydrogens is 222 g/mol. The Morgan fingerprint density at radius 3 is 2.88 bits per heavy atom. The minimum Gasteiger partial charge on any atom is -0.493 e. The molecule has 94 valence electrons. The second-order valence-corrected chi connectivity index (χ2v) is 4.78. The van der Waals surface area contributed by atoms with Crippen LogP contribution in [0.5, 0.6) is 5.75 Å². The van der Waals surface area contributed by atoms with E-state index in [9.17, 15) is 8.78 Å². The van der Waals surface area contributed by atoms with Gasteiger partial charge in [-0.3, -0.25) is 0 Å². The average Bonchev–Trinajstić information content (AvgIpc) is 2.67. The second-order valence-electron chi connectivity index (χ2n) is 4.78. The van der Waals surface area contributed by atoms with E-state index in [-0.39, 0.29) is 18.8 Å². The molecule has 1 unspecified atom stereocenters. The average molecular weight is 240 g/mol. The number of aryl methyl sites for hydroxylation is 1. The van der Waals surface area contributed by atoms with Crippen molar-refractivity contribution in [1.82, 2.24) is 0 Å². The van der Waals surface area contributed by atoms with Crippen molar-refractivity contribution >= 4 is 0 Å². The van der Waals surface area contributed by atoms with E-state index in [2.05, 4.69) is 6.92 Å². The van der Waals surface area contributed by atoms with Crippen LogP contribution in [0.25, 0.3) is 0 Å². The Hall–Kier alpha value is -1.12. The molecule has 3 heteroatoms. The number of hydrogen-bond acceptors (Lipinski definition) is 1. The van der Waals surface area contributed by atoms with Crippen LogP contribution in [-0.4, -0.2) is 12.5 Å². The van der Waals surface area contributed by atoms with Crippen molar-refractivity contribution < 1.29 is 13.5 Å². The van der Waals surface area contributed by atoms with Crippen LogP contribution in [0, 0.1) is 5.92 Å². The maximum absolute atomic E-state index is 13.0. The zero-order chi connectivity index (χ0) is 12.3. The van der Waals surface area contributed by atoms with Gasteiger partial charge in [-0.2, -0.15) is 0 Å². The first-order valence-electron chi connectivity index (χ1n) is 6.18. The van der Waals surface area contributed by atoms with E-state index >= 15 is 0 Å². The van der Waals surface area contributed by atoms with Gasteiger partial charge >= 0.3 is 0 Å². The zero-order valence-corrected chi connectivity index (χ0v) is 10.1. The summed E-state index contributed by atoms with van der Waals surface area (Å²) in [6.45, 7) is 2.49. The molecule has 1 saturated carbocycles. The van der Waals surface area contributed by atoms with Crippen molar-refractivity contribution in [3.8, 4) is 5.75 Å². The van der Waals surface area contributed by atoms with Crippen LogP contribution in [0.3, 0.4) is 0 Å². The van der Waals surface area contributed by atoms with Crippen molar-refractivity contribution in [2.75, 3.05) is 6.61 Å². The van der Waals surface area contributed by atoms with Gasteiger partial charge in [-0.1, -0.05) is 19.1 Å². The molecule has 0 aromatic heterocycles. The Bertz CT molecular complexity index is 376. The third-order valence-electron chi connectivity index (χ3n) is 3.30. The number of alkyl halides is 2. The molecular formula is C14H18F2O. The topological polar surface area (TPSA) is 9.23 Å². The molecule has 0 aliphatic heterocycles. The fourth-order valence-electron chi connectivity index (χ4n) is 2.25. The molecule has 0 N–H and O–H groups in total. The number of rotatable bonds is 4. The number of benzene rings is 1. The molecule has 1 aromatic carbocycles. The van der Waals surface area contributed by atoms with Gasteiger partial charge in [0.2, 0.25) is 5.92 Å². The smallest absolute Gasteiger partial charge is 0.248 e. The van der Waals surface area contributed by atoms with Crippen molar-refractivity contribution in [3.63, 3.8) is 0 Å². The van der Waals surface area contributed by atoms with Gasteiger partial charge in [0.25, 0.3) is 0 Å². The van der Waals surface area contributed by atoms with E-state index in [1.54, 1.807) is 0 Å². The molecule has 0 amide bonds. The summed E-state index contributed by atoms with van der Waals surface area (Å²) in [4.78, 5) is 0.